The van der Waals surface area contributed by atoms with E-state index in [2.05, 4.69) is 34.8 Å². The number of benzene rings is 1. The lowest BCUT2D eigenvalue weighted by atomic mass is 9.84. The van der Waals surface area contributed by atoms with Crippen LogP contribution in [0.15, 0.2) is 47.7 Å². The molecule has 1 aliphatic rings. The SMILES string of the molecule is CCNC(=NCc1ccccc1Cn1cccn1)NCC1(C(=O)N(C)C)CCCC1.I. The van der Waals surface area contributed by atoms with Gasteiger partial charge in [-0.25, -0.2) is 4.99 Å². The van der Waals surface area contributed by atoms with Crippen LogP contribution >= 0.6 is 24.0 Å². The topological polar surface area (TPSA) is 74.5 Å². The molecule has 0 aliphatic heterocycles. The number of carbonyl (C=O) groups is 1. The Kier molecular flexibility index (Phi) is 9.80. The van der Waals surface area contributed by atoms with Crippen molar-refractivity contribution in [1.29, 1.82) is 0 Å². The smallest absolute Gasteiger partial charge is 0.230 e. The van der Waals surface area contributed by atoms with E-state index in [1.807, 2.05) is 43.2 Å². The van der Waals surface area contributed by atoms with Gasteiger partial charge in [-0.3, -0.25) is 9.48 Å². The van der Waals surface area contributed by atoms with E-state index in [4.69, 9.17) is 4.99 Å². The molecule has 0 unspecified atom stereocenters. The standard InChI is InChI=1S/C23H34N6O.HI/c1-4-24-22(26-18-23(12-7-8-13-23)21(30)28(2)3)25-16-19-10-5-6-11-20(19)17-29-15-9-14-27-29;/h5-6,9-11,14-15H,4,7-8,12-13,16-18H2,1-3H3,(H2,24,25,26);1H. The van der Waals surface area contributed by atoms with E-state index in [0.717, 1.165) is 44.7 Å². The number of halogens is 1. The van der Waals surface area contributed by atoms with Crippen molar-refractivity contribution in [3.05, 3.63) is 53.9 Å². The molecule has 1 aromatic heterocycles. The molecule has 1 amide bonds. The van der Waals surface area contributed by atoms with Crippen molar-refractivity contribution in [3.63, 3.8) is 0 Å². The first-order valence-corrected chi connectivity index (χ1v) is 10.8. The number of hydrogen-bond acceptors (Lipinski definition) is 3. The van der Waals surface area contributed by atoms with Crippen LogP contribution in [0.4, 0.5) is 0 Å². The number of rotatable bonds is 8. The highest BCUT2D eigenvalue weighted by atomic mass is 127. The fourth-order valence-electron chi connectivity index (χ4n) is 4.19. The quantitative estimate of drug-likeness (QED) is 0.308. The van der Waals surface area contributed by atoms with Crippen molar-refractivity contribution in [2.24, 2.45) is 10.4 Å². The largest absolute Gasteiger partial charge is 0.357 e. The van der Waals surface area contributed by atoms with E-state index >= 15 is 0 Å². The predicted octanol–water partition coefficient (Wildman–Crippen LogP) is 3.25. The number of aliphatic imine (C=N–C) groups is 1. The third kappa shape index (κ3) is 6.69. The fourth-order valence-corrected chi connectivity index (χ4v) is 4.19. The third-order valence-electron chi connectivity index (χ3n) is 5.78. The fraction of sp³-hybridized carbons (Fsp3) is 0.522. The van der Waals surface area contributed by atoms with Gasteiger partial charge in [0, 0.05) is 39.6 Å². The summed E-state index contributed by atoms with van der Waals surface area (Å²) < 4.78 is 1.92. The number of hydrogen-bond donors (Lipinski definition) is 2. The Morgan fingerprint density at radius 3 is 2.48 bits per heavy atom. The summed E-state index contributed by atoms with van der Waals surface area (Å²) in [6, 6.07) is 10.3. The molecule has 1 fully saturated rings. The summed E-state index contributed by atoms with van der Waals surface area (Å²) in [6.45, 7) is 4.74. The lowest BCUT2D eigenvalue weighted by molar-refractivity contribution is -0.138. The Bertz CT molecular complexity index is 844. The van der Waals surface area contributed by atoms with Crippen LogP contribution in [0.3, 0.4) is 0 Å². The van der Waals surface area contributed by atoms with Crippen molar-refractivity contribution in [2.45, 2.75) is 45.7 Å². The molecule has 2 aromatic rings. The molecule has 7 nitrogen and oxygen atoms in total. The second kappa shape index (κ2) is 12.1. The van der Waals surface area contributed by atoms with Crippen LogP contribution in [0.25, 0.3) is 0 Å². The number of carbonyl (C=O) groups excluding carboxylic acids is 1. The summed E-state index contributed by atoms with van der Waals surface area (Å²) in [5, 5.41) is 11.1. The first-order chi connectivity index (χ1) is 14.5. The van der Waals surface area contributed by atoms with Crippen LogP contribution < -0.4 is 10.6 Å². The highest BCUT2D eigenvalue weighted by Gasteiger charge is 2.42. The van der Waals surface area contributed by atoms with Gasteiger partial charge in [0.05, 0.1) is 18.5 Å². The lowest BCUT2D eigenvalue weighted by Crippen LogP contribution is -2.49. The molecule has 0 saturated heterocycles. The van der Waals surface area contributed by atoms with Gasteiger partial charge in [0.15, 0.2) is 5.96 Å². The second-order valence-corrected chi connectivity index (χ2v) is 8.21. The van der Waals surface area contributed by atoms with E-state index in [0.29, 0.717) is 13.1 Å². The Morgan fingerprint density at radius 2 is 1.87 bits per heavy atom. The highest BCUT2D eigenvalue weighted by Crippen LogP contribution is 2.38. The molecule has 0 atom stereocenters. The first-order valence-electron chi connectivity index (χ1n) is 10.8. The van der Waals surface area contributed by atoms with Crippen LogP contribution in [0, 0.1) is 5.41 Å². The molecule has 1 aromatic carbocycles. The maximum absolute atomic E-state index is 12.8. The predicted molar refractivity (Wildman–Crippen MR) is 136 cm³/mol. The molecule has 1 saturated carbocycles. The number of aromatic nitrogens is 2. The molecule has 170 valence electrons. The van der Waals surface area contributed by atoms with E-state index in [9.17, 15) is 4.79 Å². The maximum Gasteiger partial charge on any atom is 0.230 e. The summed E-state index contributed by atoms with van der Waals surface area (Å²) in [7, 11) is 3.69. The van der Waals surface area contributed by atoms with Gasteiger partial charge in [-0.15, -0.1) is 24.0 Å². The maximum atomic E-state index is 12.8. The van der Waals surface area contributed by atoms with Gasteiger partial charge >= 0.3 is 0 Å². The zero-order valence-electron chi connectivity index (χ0n) is 18.8. The van der Waals surface area contributed by atoms with Gasteiger partial charge in [0.1, 0.15) is 0 Å². The van der Waals surface area contributed by atoms with Crippen molar-refractivity contribution < 1.29 is 4.79 Å². The van der Waals surface area contributed by atoms with Gasteiger partial charge < -0.3 is 15.5 Å². The Hall–Kier alpha value is -2.10. The number of amides is 1. The summed E-state index contributed by atoms with van der Waals surface area (Å²) in [4.78, 5) is 19.4. The number of guanidine groups is 1. The summed E-state index contributed by atoms with van der Waals surface area (Å²) in [6.07, 6.45) is 7.84. The second-order valence-electron chi connectivity index (χ2n) is 8.21. The monoisotopic (exact) mass is 538 g/mol. The Morgan fingerprint density at radius 1 is 1.16 bits per heavy atom. The Balaban J connectivity index is 0.00000341. The number of nitrogens with one attached hydrogen (secondary N) is 2. The van der Waals surface area contributed by atoms with Gasteiger partial charge in [-0.1, -0.05) is 37.1 Å². The number of nitrogens with zero attached hydrogens (tertiary/aromatic N) is 4. The molecular weight excluding hydrogens is 503 g/mol. The van der Waals surface area contributed by atoms with E-state index < -0.39 is 0 Å². The van der Waals surface area contributed by atoms with E-state index in [1.165, 1.54) is 11.1 Å². The molecule has 0 spiro atoms. The molecule has 3 rings (SSSR count). The summed E-state index contributed by atoms with van der Waals surface area (Å²) >= 11 is 0. The van der Waals surface area contributed by atoms with Gasteiger partial charge in [0.2, 0.25) is 5.91 Å². The summed E-state index contributed by atoms with van der Waals surface area (Å²) in [5.74, 6) is 0.970. The zero-order chi connectivity index (χ0) is 21.4. The minimum absolute atomic E-state index is 0. The van der Waals surface area contributed by atoms with Crippen molar-refractivity contribution in [2.75, 3.05) is 27.2 Å². The van der Waals surface area contributed by atoms with Crippen LogP contribution in [0.2, 0.25) is 0 Å². The minimum Gasteiger partial charge on any atom is -0.357 e. The molecule has 2 N–H and O–H groups in total. The molecule has 8 heteroatoms. The lowest BCUT2D eigenvalue weighted by Gasteiger charge is -2.31. The molecular formula is C23H35IN6O. The van der Waals surface area contributed by atoms with Crippen molar-refractivity contribution in [1.82, 2.24) is 25.3 Å². The zero-order valence-corrected chi connectivity index (χ0v) is 21.1. The minimum atomic E-state index is -0.322. The third-order valence-corrected chi connectivity index (χ3v) is 5.78. The van der Waals surface area contributed by atoms with Crippen LogP contribution in [-0.2, 0) is 17.9 Å². The van der Waals surface area contributed by atoms with E-state index in [1.54, 1.807) is 11.1 Å². The normalized spacial score (nSPS) is 15.3. The van der Waals surface area contributed by atoms with Crippen LogP contribution in [0.5, 0.6) is 0 Å². The average Bonchev–Trinajstić information content (AvgIpc) is 3.43. The van der Waals surface area contributed by atoms with E-state index in [-0.39, 0.29) is 35.3 Å². The molecule has 1 heterocycles. The summed E-state index contributed by atoms with van der Waals surface area (Å²) in [5.41, 5.74) is 2.05. The van der Waals surface area contributed by atoms with Crippen molar-refractivity contribution >= 4 is 35.8 Å². The van der Waals surface area contributed by atoms with Crippen LogP contribution in [-0.4, -0.2) is 53.7 Å². The van der Waals surface area contributed by atoms with Crippen LogP contribution in [0.1, 0.15) is 43.7 Å². The Labute approximate surface area is 202 Å². The molecule has 0 radical (unpaired) electrons. The molecule has 31 heavy (non-hydrogen) atoms. The van der Waals surface area contributed by atoms with Crippen molar-refractivity contribution in [3.8, 4) is 0 Å². The molecule has 1 aliphatic carbocycles. The average molecular weight is 538 g/mol. The van der Waals surface area contributed by atoms with Gasteiger partial charge in [0.25, 0.3) is 0 Å². The first kappa shape index (κ1) is 25.2. The van der Waals surface area contributed by atoms with Gasteiger partial charge in [-0.05, 0) is 37.0 Å². The highest BCUT2D eigenvalue weighted by molar-refractivity contribution is 14.0. The molecule has 0 bridgehead atoms. The van der Waals surface area contributed by atoms with Gasteiger partial charge in [-0.2, -0.15) is 5.10 Å².